The highest BCUT2D eigenvalue weighted by Gasteiger charge is 2.21. The van der Waals surface area contributed by atoms with E-state index < -0.39 is 0 Å². The van der Waals surface area contributed by atoms with Crippen molar-refractivity contribution >= 4 is 50.9 Å². The van der Waals surface area contributed by atoms with Gasteiger partial charge in [-0.1, -0.05) is 23.2 Å². The molecule has 0 aliphatic rings. The van der Waals surface area contributed by atoms with Crippen LogP contribution in [0.3, 0.4) is 0 Å². The highest BCUT2D eigenvalue weighted by atomic mass is 35.5. The van der Waals surface area contributed by atoms with Gasteiger partial charge in [-0.3, -0.25) is 4.79 Å². The second-order valence-electron chi connectivity index (χ2n) is 7.30. The average molecular weight is 435 g/mol. The summed E-state index contributed by atoms with van der Waals surface area (Å²) in [5.74, 6) is 0.954. The van der Waals surface area contributed by atoms with Crippen molar-refractivity contribution in [3.05, 3.63) is 93.2 Å². The van der Waals surface area contributed by atoms with Crippen LogP contribution in [0.15, 0.2) is 69.5 Å². The summed E-state index contributed by atoms with van der Waals surface area (Å²) in [6, 6.07) is 18.2. The van der Waals surface area contributed by atoms with Crippen LogP contribution in [0, 0.1) is 13.8 Å². The molecule has 30 heavy (non-hydrogen) atoms. The molecule has 0 saturated carbocycles. The molecule has 0 spiro atoms. The van der Waals surface area contributed by atoms with Gasteiger partial charge >= 0.3 is 0 Å². The smallest absolute Gasteiger partial charge is 0.228 e. The number of furan rings is 2. The molecule has 2 aromatic heterocycles. The molecule has 0 aliphatic carbocycles. The molecule has 5 aromatic rings. The number of halogens is 2. The van der Waals surface area contributed by atoms with Crippen molar-refractivity contribution in [2.45, 2.75) is 13.8 Å². The van der Waals surface area contributed by atoms with Crippen LogP contribution in [0.25, 0.3) is 33.3 Å². The van der Waals surface area contributed by atoms with Gasteiger partial charge in [0.2, 0.25) is 5.78 Å². The highest BCUT2D eigenvalue weighted by molar-refractivity contribution is 6.31. The van der Waals surface area contributed by atoms with Crippen molar-refractivity contribution in [2.24, 2.45) is 0 Å². The topological polar surface area (TPSA) is 43.4 Å². The lowest BCUT2D eigenvalue weighted by atomic mass is 10.0. The summed E-state index contributed by atoms with van der Waals surface area (Å²) in [6.07, 6.45) is 0. The molecule has 0 radical (unpaired) electrons. The Labute approximate surface area is 182 Å². The molecule has 0 atom stereocenters. The number of hydrogen-bond donors (Lipinski definition) is 0. The predicted molar refractivity (Wildman–Crippen MR) is 121 cm³/mol. The van der Waals surface area contributed by atoms with E-state index in [2.05, 4.69) is 0 Å². The van der Waals surface area contributed by atoms with Gasteiger partial charge in [0.1, 0.15) is 16.9 Å². The zero-order chi connectivity index (χ0) is 21.0. The number of fused-ring (bicyclic) bond motifs is 2. The quantitative estimate of drug-likeness (QED) is 0.270. The first-order chi connectivity index (χ1) is 14.4. The van der Waals surface area contributed by atoms with E-state index in [1.54, 1.807) is 24.3 Å². The number of hydrogen-bond acceptors (Lipinski definition) is 3. The normalized spacial score (nSPS) is 11.5. The zero-order valence-corrected chi connectivity index (χ0v) is 17.8. The fraction of sp³-hybridized carbons (Fsp3) is 0.0800. The average Bonchev–Trinajstić information content (AvgIpc) is 3.24. The van der Waals surface area contributed by atoms with Gasteiger partial charge in [-0.15, -0.1) is 0 Å². The molecule has 0 N–H and O–H groups in total. The molecule has 0 unspecified atom stereocenters. The second kappa shape index (κ2) is 7.05. The molecular formula is C25H16Cl2O3. The summed E-state index contributed by atoms with van der Waals surface area (Å²) < 4.78 is 12.1. The summed E-state index contributed by atoms with van der Waals surface area (Å²) in [4.78, 5) is 12.9. The maximum Gasteiger partial charge on any atom is 0.228 e. The van der Waals surface area contributed by atoms with E-state index in [0.29, 0.717) is 32.5 Å². The van der Waals surface area contributed by atoms with Crippen LogP contribution >= 0.6 is 23.2 Å². The molecule has 0 aliphatic heterocycles. The number of rotatable bonds is 3. The first-order valence-electron chi connectivity index (χ1n) is 9.45. The van der Waals surface area contributed by atoms with Crippen molar-refractivity contribution in [2.75, 3.05) is 0 Å². The van der Waals surface area contributed by atoms with E-state index in [4.69, 9.17) is 32.0 Å². The molecular weight excluding hydrogens is 419 g/mol. The molecule has 148 valence electrons. The molecule has 3 nitrogen and oxygen atoms in total. The lowest BCUT2D eigenvalue weighted by molar-refractivity contribution is 0.101. The minimum Gasteiger partial charge on any atom is -0.456 e. The SMILES string of the molecule is Cc1c(C(=O)c2ccc(Cl)cc2)oc2cc3oc(-c4ccc(Cl)cc4)c(C)c3cc12. The zero-order valence-electron chi connectivity index (χ0n) is 16.3. The van der Waals surface area contributed by atoms with E-state index in [1.165, 1.54) is 0 Å². The predicted octanol–water partition coefficient (Wildman–Crippen LogP) is 8.00. The van der Waals surface area contributed by atoms with Gasteiger partial charge in [-0.2, -0.15) is 0 Å². The number of carbonyl (C=O) groups excluding carboxylic acids is 1. The number of carbonyl (C=O) groups is 1. The number of aryl methyl sites for hydroxylation is 2. The van der Waals surface area contributed by atoms with E-state index in [9.17, 15) is 4.79 Å². The third-order valence-corrected chi connectivity index (χ3v) is 5.92. The molecule has 5 rings (SSSR count). The summed E-state index contributed by atoms with van der Waals surface area (Å²) >= 11 is 11.9. The fourth-order valence-corrected chi connectivity index (χ4v) is 4.01. The third-order valence-electron chi connectivity index (χ3n) is 5.41. The standard InChI is InChI=1S/C25H16Cl2O3/c1-13-19-11-20-14(2)25(23(28)15-3-7-17(26)8-4-15)30-22(20)12-21(19)29-24(13)16-5-9-18(27)10-6-16/h3-12H,1-2H3. The Bertz CT molecular complexity index is 1420. The molecule has 3 aromatic carbocycles. The first kappa shape index (κ1) is 19.0. The number of benzene rings is 3. The summed E-state index contributed by atoms with van der Waals surface area (Å²) in [6.45, 7) is 3.92. The van der Waals surface area contributed by atoms with Crippen molar-refractivity contribution in [3.8, 4) is 11.3 Å². The Morgan fingerprint density at radius 3 is 1.97 bits per heavy atom. The third kappa shape index (κ3) is 3.02. The van der Waals surface area contributed by atoms with E-state index in [0.717, 1.165) is 33.2 Å². The minimum atomic E-state index is -0.171. The van der Waals surface area contributed by atoms with Crippen molar-refractivity contribution in [3.63, 3.8) is 0 Å². The fourth-order valence-electron chi connectivity index (χ4n) is 3.76. The van der Waals surface area contributed by atoms with Gasteiger partial charge in [0.05, 0.1) is 0 Å². The van der Waals surface area contributed by atoms with Crippen LogP contribution in [-0.4, -0.2) is 5.78 Å². The Morgan fingerprint density at radius 1 is 0.733 bits per heavy atom. The Hall–Kier alpha value is -3.01. The summed E-state index contributed by atoms with van der Waals surface area (Å²) in [7, 11) is 0. The van der Waals surface area contributed by atoms with Gasteiger partial charge in [-0.25, -0.2) is 0 Å². The lowest BCUT2D eigenvalue weighted by Gasteiger charge is -1.99. The van der Waals surface area contributed by atoms with E-state index in [-0.39, 0.29) is 5.78 Å². The van der Waals surface area contributed by atoms with Crippen LogP contribution in [0.2, 0.25) is 10.0 Å². The molecule has 0 saturated heterocycles. The minimum absolute atomic E-state index is 0.171. The van der Waals surface area contributed by atoms with E-state index in [1.807, 2.05) is 50.2 Å². The van der Waals surface area contributed by atoms with Gasteiger partial charge < -0.3 is 8.83 Å². The Kier molecular flexibility index (Phi) is 4.46. The summed E-state index contributed by atoms with van der Waals surface area (Å²) in [5.41, 5.74) is 4.66. The van der Waals surface area contributed by atoms with Crippen molar-refractivity contribution in [1.82, 2.24) is 0 Å². The van der Waals surface area contributed by atoms with Crippen molar-refractivity contribution < 1.29 is 13.6 Å². The van der Waals surface area contributed by atoms with Crippen molar-refractivity contribution in [1.29, 1.82) is 0 Å². The van der Waals surface area contributed by atoms with Gasteiger partial charge in [0.15, 0.2) is 5.76 Å². The van der Waals surface area contributed by atoms with E-state index >= 15 is 0 Å². The van der Waals surface area contributed by atoms with Crippen LogP contribution in [0.5, 0.6) is 0 Å². The largest absolute Gasteiger partial charge is 0.456 e. The van der Waals surface area contributed by atoms with Crippen LogP contribution in [0.1, 0.15) is 27.2 Å². The van der Waals surface area contributed by atoms with Gasteiger partial charge in [0.25, 0.3) is 0 Å². The molecule has 2 heterocycles. The monoisotopic (exact) mass is 434 g/mol. The van der Waals surface area contributed by atoms with Crippen LogP contribution in [-0.2, 0) is 0 Å². The maximum atomic E-state index is 12.9. The van der Waals surface area contributed by atoms with Crippen LogP contribution in [0.4, 0.5) is 0 Å². The van der Waals surface area contributed by atoms with Crippen LogP contribution < -0.4 is 0 Å². The van der Waals surface area contributed by atoms with Gasteiger partial charge in [0, 0.05) is 49.1 Å². The molecule has 0 bridgehead atoms. The molecule has 0 fully saturated rings. The highest BCUT2D eigenvalue weighted by Crippen LogP contribution is 2.38. The molecule has 5 heteroatoms. The maximum absolute atomic E-state index is 12.9. The number of ketones is 1. The Balaban J connectivity index is 1.64. The van der Waals surface area contributed by atoms with Gasteiger partial charge in [-0.05, 0) is 68.4 Å². The Morgan fingerprint density at radius 2 is 1.30 bits per heavy atom. The second-order valence-corrected chi connectivity index (χ2v) is 8.17. The summed E-state index contributed by atoms with van der Waals surface area (Å²) in [5, 5.41) is 3.15. The lowest BCUT2D eigenvalue weighted by Crippen LogP contribution is -2.00. The molecule has 0 amide bonds. The first-order valence-corrected chi connectivity index (χ1v) is 10.2.